The van der Waals surface area contributed by atoms with E-state index in [2.05, 4.69) is 35.8 Å². The molecule has 0 bridgehead atoms. The summed E-state index contributed by atoms with van der Waals surface area (Å²) in [5.41, 5.74) is 1.12. The molecule has 136 valence electrons. The molecule has 3 heterocycles. The van der Waals surface area contributed by atoms with Crippen LogP contribution in [0, 0.1) is 0 Å². The Labute approximate surface area is 163 Å². The molecule has 0 atom stereocenters. The van der Waals surface area contributed by atoms with Gasteiger partial charge in [0.2, 0.25) is 0 Å². The minimum Gasteiger partial charge on any atom is -0.367 e. The van der Waals surface area contributed by atoms with Crippen molar-refractivity contribution in [3.05, 3.63) is 46.1 Å². The number of hydrogen-bond donors (Lipinski definition) is 0. The molecule has 4 nitrogen and oxygen atoms in total. The summed E-state index contributed by atoms with van der Waals surface area (Å²) >= 11 is 8.17. The van der Waals surface area contributed by atoms with Gasteiger partial charge in [-0.1, -0.05) is 37.6 Å². The largest absolute Gasteiger partial charge is 0.367 e. The van der Waals surface area contributed by atoms with Crippen molar-refractivity contribution in [3.8, 4) is 0 Å². The molecule has 0 radical (unpaired) electrons. The summed E-state index contributed by atoms with van der Waals surface area (Å²) in [7, 11) is 0. The highest BCUT2D eigenvalue weighted by atomic mass is 35.5. The van der Waals surface area contributed by atoms with Gasteiger partial charge in [0.05, 0.1) is 16.1 Å². The SMILES string of the molecule is CCc1nc(N2CCN(c3ccccc3Cl)CC2)c2cc(CC)sc2n1. The third kappa shape index (κ3) is 3.26. The van der Waals surface area contributed by atoms with Crippen molar-refractivity contribution in [2.24, 2.45) is 0 Å². The number of rotatable bonds is 4. The summed E-state index contributed by atoms with van der Waals surface area (Å²) in [6, 6.07) is 10.4. The molecule has 1 aliphatic rings. The Kier molecular flexibility index (Phi) is 5.00. The normalized spacial score (nSPS) is 15.0. The zero-order valence-corrected chi connectivity index (χ0v) is 16.8. The van der Waals surface area contributed by atoms with Gasteiger partial charge in [-0.3, -0.25) is 0 Å². The van der Waals surface area contributed by atoms with Crippen LogP contribution in [0.15, 0.2) is 30.3 Å². The van der Waals surface area contributed by atoms with Crippen LogP contribution in [0.2, 0.25) is 5.02 Å². The van der Waals surface area contributed by atoms with Crippen molar-refractivity contribution in [2.75, 3.05) is 36.0 Å². The summed E-state index contributed by atoms with van der Waals surface area (Å²) in [5, 5.41) is 2.03. The number of fused-ring (bicyclic) bond motifs is 1. The fraction of sp³-hybridized carbons (Fsp3) is 0.400. The molecular weight excluding hydrogens is 364 g/mol. The van der Waals surface area contributed by atoms with Crippen molar-refractivity contribution in [3.63, 3.8) is 0 Å². The average Bonchev–Trinajstić information content (AvgIpc) is 3.11. The number of hydrogen-bond acceptors (Lipinski definition) is 5. The van der Waals surface area contributed by atoms with Gasteiger partial charge in [-0.2, -0.15) is 0 Å². The number of nitrogens with zero attached hydrogens (tertiary/aromatic N) is 4. The second-order valence-electron chi connectivity index (χ2n) is 6.53. The number of anilines is 2. The van der Waals surface area contributed by atoms with Gasteiger partial charge < -0.3 is 9.80 Å². The van der Waals surface area contributed by atoms with Crippen LogP contribution in [-0.2, 0) is 12.8 Å². The summed E-state index contributed by atoms with van der Waals surface area (Å²) in [6.45, 7) is 8.09. The Bertz CT molecular complexity index is 915. The molecule has 0 saturated carbocycles. The molecule has 4 rings (SSSR count). The van der Waals surface area contributed by atoms with E-state index in [1.807, 2.05) is 18.2 Å². The van der Waals surface area contributed by atoms with E-state index in [1.165, 1.54) is 10.3 Å². The average molecular weight is 387 g/mol. The lowest BCUT2D eigenvalue weighted by Gasteiger charge is -2.37. The summed E-state index contributed by atoms with van der Waals surface area (Å²) in [6.07, 6.45) is 1.91. The number of aromatic nitrogens is 2. The highest BCUT2D eigenvalue weighted by Gasteiger charge is 2.22. The first-order valence-electron chi connectivity index (χ1n) is 9.23. The standard InChI is InChI=1S/C20H23ClN4S/c1-3-14-13-15-19(22-18(4-2)23-20(15)26-14)25-11-9-24(10-12-25)17-8-6-5-7-16(17)21/h5-8,13H,3-4,9-12H2,1-2H3. The third-order valence-electron chi connectivity index (χ3n) is 4.91. The Morgan fingerprint density at radius 2 is 1.73 bits per heavy atom. The number of halogens is 1. The number of thiophene rings is 1. The molecule has 0 N–H and O–H groups in total. The zero-order valence-electron chi connectivity index (χ0n) is 15.2. The van der Waals surface area contributed by atoms with Crippen LogP contribution in [0.1, 0.15) is 24.5 Å². The van der Waals surface area contributed by atoms with Crippen LogP contribution in [0.3, 0.4) is 0 Å². The predicted molar refractivity (Wildman–Crippen MR) is 112 cm³/mol. The third-order valence-corrected chi connectivity index (χ3v) is 6.40. The maximum atomic E-state index is 6.37. The monoisotopic (exact) mass is 386 g/mol. The van der Waals surface area contributed by atoms with E-state index in [1.54, 1.807) is 11.3 Å². The first kappa shape index (κ1) is 17.6. The lowest BCUT2D eigenvalue weighted by atomic mass is 10.2. The van der Waals surface area contributed by atoms with E-state index in [9.17, 15) is 0 Å². The van der Waals surface area contributed by atoms with Gasteiger partial charge in [0.1, 0.15) is 16.5 Å². The first-order valence-corrected chi connectivity index (χ1v) is 10.4. The molecule has 1 fully saturated rings. The molecule has 26 heavy (non-hydrogen) atoms. The molecule has 1 aromatic carbocycles. The van der Waals surface area contributed by atoms with Gasteiger partial charge in [0, 0.05) is 37.5 Å². The maximum absolute atomic E-state index is 6.37. The molecule has 0 amide bonds. The van der Waals surface area contributed by atoms with Crippen molar-refractivity contribution < 1.29 is 0 Å². The topological polar surface area (TPSA) is 32.3 Å². The highest BCUT2D eigenvalue weighted by Crippen LogP contribution is 2.33. The predicted octanol–water partition coefficient (Wildman–Crippen LogP) is 4.80. The molecule has 0 aliphatic carbocycles. The number of piperazine rings is 1. The lowest BCUT2D eigenvalue weighted by Crippen LogP contribution is -2.47. The molecule has 2 aromatic heterocycles. The molecular formula is C20H23ClN4S. The Balaban J connectivity index is 1.61. The molecule has 0 spiro atoms. The summed E-state index contributed by atoms with van der Waals surface area (Å²) < 4.78 is 0. The van der Waals surface area contributed by atoms with Crippen molar-refractivity contribution in [2.45, 2.75) is 26.7 Å². The highest BCUT2D eigenvalue weighted by molar-refractivity contribution is 7.18. The van der Waals surface area contributed by atoms with Crippen LogP contribution in [0.5, 0.6) is 0 Å². The van der Waals surface area contributed by atoms with Gasteiger partial charge in [0.25, 0.3) is 0 Å². The van der Waals surface area contributed by atoms with Gasteiger partial charge in [-0.05, 0) is 24.6 Å². The Morgan fingerprint density at radius 3 is 2.42 bits per heavy atom. The van der Waals surface area contributed by atoms with E-state index in [4.69, 9.17) is 21.6 Å². The van der Waals surface area contributed by atoms with Gasteiger partial charge >= 0.3 is 0 Å². The molecule has 0 unspecified atom stereocenters. The molecule has 3 aromatic rings. The smallest absolute Gasteiger partial charge is 0.141 e. The minimum absolute atomic E-state index is 0.823. The molecule has 1 aliphatic heterocycles. The van der Waals surface area contributed by atoms with E-state index < -0.39 is 0 Å². The van der Waals surface area contributed by atoms with Crippen molar-refractivity contribution in [1.29, 1.82) is 0 Å². The van der Waals surface area contributed by atoms with E-state index >= 15 is 0 Å². The van der Waals surface area contributed by atoms with Gasteiger partial charge in [-0.25, -0.2) is 9.97 Å². The fourth-order valence-corrected chi connectivity index (χ4v) is 4.68. The van der Waals surface area contributed by atoms with Crippen LogP contribution in [-0.4, -0.2) is 36.1 Å². The van der Waals surface area contributed by atoms with Crippen LogP contribution in [0.4, 0.5) is 11.5 Å². The molecule has 1 saturated heterocycles. The lowest BCUT2D eigenvalue weighted by molar-refractivity contribution is 0.647. The Morgan fingerprint density at radius 1 is 1.00 bits per heavy atom. The molecule has 6 heteroatoms. The summed E-state index contributed by atoms with van der Waals surface area (Å²) in [5.74, 6) is 2.03. The van der Waals surface area contributed by atoms with Crippen LogP contribution < -0.4 is 9.80 Å². The van der Waals surface area contributed by atoms with Crippen LogP contribution >= 0.6 is 22.9 Å². The van der Waals surface area contributed by atoms with E-state index in [0.717, 1.165) is 66.2 Å². The van der Waals surface area contributed by atoms with Crippen molar-refractivity contribution in [1.82, 2.24) is 9.97 Å². The quantitative estimate of drug-likeness (QED) is 0.644. The van der Waals surface area contributed by atoms with Crippen molar-refractivity contribution >= 4 is 44.7 Å². The fourth-order valence-electron chi connectivity index (χ4n) is 3.44. The number of benzene rings is 1. The second kappa shape index (κ2) is 7.41. The maximum Gasteiger partial charge on any atom is 0.141 e. The Hall–Kier alpha value is -1.85. The van der Waals surface area contributed by atoms with E-state index in [-0.39, 0.29) is 0 Å². The van der Waals surface area contributed by atoms with Crippen LogP contribution in [0.25, 0.3) is 10.2 Å². The second-order valence-corrected chi connectivity index (χ2v) is 8.05. The number of aryl methyl sites for hydroxylation is 2. The van der Waals surface area contributed by atoms with E-state index in [0.29, 0.717) is 0 Å². The summed E-state index contributed by atoms with van der Waals surface area (Å²) in [4.78, 5) is 16.9. The van der Waals surface area contributed by atoms with Gasteiger partial charge in [0.15, 0.2) is 0 Å². The van der Waals surface area contributed by atoms with Gasteiger partial charge in [-0.15, -0.1) is 11.3 Å². The minimum atomic E-state index is 0.823. The zero-order chi connectivity index (χ0) is 18.1. The first-order chi connectivity index (χ1) is 12.7. The number of para-hydroxylation sites is 1.